The van der Waals surface area contributed by atoms with E-state index in [4.69, 9.17) is 0 Å². The topological polar surface area (TPSA) is 65.9 Å². The Morgan fingerprint density at radius 1 is 1.43 bits per heavy atom. The van der Waals surface area contributed by atoms with Crippen LogP contribution in [0.15, 0.2) is 12.4 Å². The highest BCUT2D eigenvalue weighted by Gasteiger charge is 2.17. The highest BCUT2D eigenvalue weighted by atomic mass is 32.2. The molecule has 14 heavy (non-hydrogen) atoms. The summed E-state index contributed by atoms with van der Waals surface area (Å²) in [6, 6.07) is 0. The number of halogens is 1. The van der Waals surface area contributed by atoms with Crippen LogP contribution in [0.2, 0.25) is 0 Å². The summed E-state index contributed by atoms with van der Waals surface area (Å²) in [5.41, 5.74) is 0. The van der Waals surface area contributed by atoms with Gasteiger partial charge in [-0.25, -0.2) is 14.4 Å². The second-order valence-corrected chi connectivity index (χ2v) is 4.28. The molecule has 0 N–H and O–H groups in total. The Morgan fingerprint density at radius 3 is 2.36 bits per heavy atom. The summed E-state index contributed by atoms with van der Waals surface area (Å²) in [5, 5.41) is -0.583. The maximum Gasteiger partial charge on any atom is 0.159 e. The lowest BCUT2D eigenvalue weighted by Crippen LogP contribution is -2.20. The van der Waals surface area contributed by atoms with Gasteiger partial charge in [0.1, 0.15) is 5.82 Å². The maximum absolute atomic E-state index is 12.5. The van der Waals surface area contributed by atoms with Crippen LogP contribution in [-0.2, 0) is 11.1 Å². The van der Waals surface area contributed by atoms with Crippen molar-refractivity contribution >= 4 is 11.1 Å². The average Bonchev–Trinajstić information content (AvgIpc) is 2.16. The second-order valence-electron chi connectivity index (χ2n) is 3.01. The SMILES string of the molecule is C[C@H]([C@@H](C)c1ncc(F)cn1)S(=O)[O-]. The van der Waals surface area contributed by atoms with Gasteiger partial charge in [0.15, 0.2) is 5.82 Å². The number of aromatic nitrogens is 2. The zero-order valence-electron chi connectivity index (χ0n) is 7.81. The van der Waals surface area contributed by atoms with Crippen molar-refractivity contribution in [1.29, 1.82) is 0 Å². The summed E-state index contributed by atoms with van der Waals surface area (Å²) < 4.78 is 33.8. The minimum atomic E-state index is -2.17. The van der Waals surface area contributed by atoms with Crippen LogP contribution in [0.5, 0.6) is 0 Å². The third-order valence-corrected chi connectivity index (χ3v) is 3.07. The van der Waals surface area contributed by atoms with Gasteiger partial charge in [0.25, 0.3) is 0 Å². The summed E-state index contributed by atoms with van der Waals surface area (Å²) in [4.78, 5) is 7.44. The molecule has 0 aliphatic carbocycles. The maximum atomic E-state index is 12.5. The van der Waals surface area contributed by atoms with Gasteiger partial charge in [0.05, 0.1) is 12.4 Å². The molecule has 0 aliphatic rings. The van der Waals surface area contributed by atoms with Gasteiger partial charge in [0.2, 0.25) is 0 Å². The van der Waals surface area contributed by atoms with Crippen molar-refractivity contribution < 1.29 is 13.2 Å². The van der Waals surface area contributed by atoms with Crippen molar-refractivity contribution in [2.24, 2.45) is 0 Å². The molecule has 0 radical (unpaired) electrons. The third-order valence-electron chi connectivity index (χ3n) is 2.06. The second kappa shape index (κ2) is 4.56. The van der Waals surface area contributed by atoms with E-state index in [0.717, 1.165) is 12.4 Å². The largest absolute Gasteiger partial charge is 0.772 e. The molecule has 0 amide bonds. The van der Waals surface area contributed by atoms with Crippen LogP contribution in [0.1, 0.15) is 25.6 Å². The standard InChI is InChI=1S/C8H11FN2O2S/c1-5(6(2)14(12)13)8-10-3-7(9)4-11-8/h3-6H,1-2H3,(H,12,13)/p-1/t5-,6-/m1/s1. The quantitative estimate of drug-likeness (QED) is 0.708. The van der Waals surface area contributed by atoms with Gasteiger partial charge in [-0.05, 0) is 0 Å². The Hall–Kier alpha value is -0.880. The summed E-state index contributed by atoms with van der Waals surface area (Å²) in [6.45, 7) is 3.24. The zero-order chi connectivity index (χ0) is 10.7. The van der Waals surface area contributed by atoms with Crippen molar-refractivity contribution in [3.63, 3.8) is 0 Å². The monoisotopic (exact) mass is 217 g/mol. The van der Waals surface area contributed by atoms with Gasteiger partial charge in [-0.15, -0.1) is 0 Å². The lowest BCUT2D eigenvalue weighted by atomic mass is 10.1. The Balaban J connectivity index is 2.84. The summed E-state index contributed by atoms with van der Waals surface area (Å²) in [7, 11) is 0. The minimum Gasteiger partial charge on any atom is -0.772 e. The van der Waals surface area contributed by atoms with Crippen LogP contribution >= 0.6 is 0 Å². The highest BCUT2D eigenvalue weighted by Crippen LogP contribution is 2.17. The van der Waals surface area contributed by atoms with Crippen molar-refractivity contribution in [3.05, 3.63) is 24.0 Å². The lowest BCUT2D eigenvalue weighted by Gasteiger charge is -2.20. The van der Waals surface area contributed by atoms with E-state index in [9.17, 15) is 13.2 Å². The summed E-state index contributed by atoms with van der Waals surface area (Å²) >= 11 is -2.17. The first-order valence-corrected chi connectivity index (χ1v) is 5.21. The molecule has 6 heteroatoms. The predicted octanol–water partition coefficient (Wildman–Crippen LogP) is 0.987. The summed E-state index contributed by atoms with van der Waals surface area (Å²) in [6.07, 6.45) is 2.05. The first-order valence-electron chi connectivity index (χ1n) is 4.08. The molecule has 0 bridgehead atoms. The first kappa shape index (κ1) is 11.2. The molecule has 3 atom stereocenters. The van der Waals surface area contributed by atoms with Crippen molar-refractivity contribution in [2.75, 3.05) is 0 Å². The molecule has 0 spiro atoms. The van der Waals surface area contributed by atoms with E-state index in [1.54, 1.807) is 13.8 Å². The van der Waals surface area contributed by atoms with E-state index in [0.29, 0.717) is 5.82 Å². The Labute approximate surface area is 83.9 Å². The average molecular weight is 217 g/mol. The van der Waals surface area contributed by atoms with Crippen molar-refractivity contribution in [1.82, 2.24) is 9.97 Å². The fraction of sp³-hybridized carbons (Fsp3) is 0.500. The fourth-order valence-corrected chi connectivity index (χ4v) is 1.39. The fourth-order valence-electron chi connectivity index (χ4n) is 0.934. The third kappa shape index (κ3) is 2.55. The van der Waals surface area contributed by atoms with Crippen LogP contribution < -0.4 is 0 Å². The van der Waals surface area contributed by atoms with Gasteiger partial charge in [-0.1, -0.05) is 24.9 Å². The molecule has 1 aromatic heterocycles. The Kier molecular flexibility index (Phi) is 3.65. The van der Waals surface area contributed by atoms with Crippen LogP contribution in [0, 0.1) is 5.82 Å². The molecular weight excluding hydrogens is 207 g/mol. The number of hydrogen-bond acceptors (Lipinski definition) is 4. The molecule has 1 unspecified atom stereocenters. The van der Waals surface area contributed by atoms with Crippen LogP contribution in [-0.4, -0.2) is 24.0 Å². The molecule has 0 aliphatic heterocycles. The van der Waals surface area contributed by atoms with Gasteiger partial charge in [-0.3, -0.25) is 4.21 Å². The number of rotatable bonds is 3. The molecule has 1 aromatic rings. The van der Waals surface area contributed by atoms with Crippen molar-refractivity contribution in [2.45, 2.75) is 25.0 Å². The molecule has 0 saturated heterocycles. The normalized spacial score (nSPS) is 17.4. The molecule has 1 heterocycles. The van der Waals surface area contributed by atoms with E-state index in [-0.39, 0.29) is 5.92 Å². The molecule has 1 rings (SSSR count). The van der Waals surface area contributed by atoms with E-state index in [1.807, 2.05) is 0 Å². The van der Waals surface area contributed by atoms with Gasteiger partial charge < -0.3 is 4.55 Å². The Bertz CT molecular complexity index is 331. The minimum absolute atomic E-state index is 0.336. The number of hydrogen-bond donors (Lipinski definition) is 0. The predicted molar refractivity (Wildman–Crippen MR) is 48.8 cm³/mol. The van der Waals surface area contributed by atoms with Crippen molar-refractivity contribution in [3.8, 4) is 0 Å². The van der Waals surface area contributed by atoms with Gasteiger partial charge in [-0.2, -0.15) is 0 Å². The molecular formula is C8H10FN2O2S-. The Morgan fingerprint density at radius 2 is 1.93 bits per heavy atom. The zero-order valence-corrected chi connectivity index (χ0v) is 8.62. The van der Waals surface area contributed by atoms with Crippen LogP contribution in [0.3, 0.4) is 0 Å². The first-order chi connectivity index (χ1) is 6.52. The van der Waals surface area contributed by atoms with Gasteiger partial charge >= 0.3 is 0 Å². The lowest BCUT2D eigenvalue weighted by molar-refractivity contribution is 0.509. The highest BCUT2D eigenvalue weighted by molar-refractivity contribution is 7.79. The smallest absolute Gasteiger partial charge is 0.159 e. The molecule has 4 nitrogen and oxygen atoms in total. The summed E-state index contributed by atoms with van der Waals surface area (Å²) in [5.74, 6) is -0.533. The molecule has 0 aromatic carbocycles. The van der Waals surface area contributed by atoms with E-state index < -0.39 is 22.1 Å². The van der Waals surface area contributed by atoms with Crippen LogP contribution in [0.25, 0.3) is 0 Å². The van der Waals surface area contributed by atoms with Crippen LogP contribution in [0.4, 0.5) is 4.39 Å². The van der Waals surface area contributed by atoms with Gasteiger partial charge in [0, 0.05) is 11.2 Å². The number of nitrogens with zero attached hydrogens (tertiary/aromatic N) is 2. The molecule has 78 valence electrons. The van der Waals surface area contributed by atoms with E-state index >= 15 is 0 Å². The molecule has 0 saturated carbocycles. The van der Waals surface area contributed by atoms with E-state index in [2.05, 4.69) is 9.97 Å². The molecule has 0 fully saturated rings. The van der Waals surface area contributed by atoms with E-state index in [1.165, 1.54) is 0 Å².